The number of hydrogen-bond acceptors (Lipinski definition) is 3. The summed E-state index contributed by atoms with van der Waals surface area (Å²) in [6, 6.07) is 9.44. The van der Waals surface area contributed by atoms with E-state index in [1.807, 2.05) is 0 Å². The van der Waals surface area contributed by atoms with Crippen LogP contribution >= 0.6 is 0 Å². The van der Waals surface area contributed by atoms with Gasteiger partial charge in [0.1, 0.15) is 0 Å². The topological polar surface area (TPSA) is 18.5 Å². The molecule has 0 aliphatic carbocycles. The Bertz CT molecular complexity index is 385. The van der Waals surface area contributed by atoms with Crippen molar-refractivity contribution in [2.45, 2.75) is 18.9 Å². The Morgan fingerprint density at radius 1 is 1.24 bits per heavy atom. The standard InChI is InChI=1S/C14H21N3/c1-16-9-10-17(11-12-5-4-8-15-12)14-7-3-2-6-13(14)16/h2-3,6-7,12,15H,4-5,8-11H2,1H3. The van der Waals surface area contributed by atoms with E-state index in [9.17, 15) is 0 Å². The van der Waals surface area contributed by atoms with Gasteiger partial charge in [-0.25, -0.2) is 0 Å². The molecule has 0 aromatic heterocycles. The molecule has 2 aliphatic heterocycles. The Balaban J connectivity index is 1.79. The van der Waals surface area contributed by atoms with Gasteiger partial charge in [-0.1, -0.05) is 12.1 Å². The third kappa shape index (κ3) is 2.12. The molecule has 3 rings (SSSR count). The fraction of sp³-hybridized carbons (Fsp3) is 0.571. The second-order valence-electron chi connectivity index (χ2n) is 5.15. The van der Waals surface area contributed by atoms with E-state index in [0.717, 1.165) is 19.6 Å². The van der Waals surface area contributed by atoms with Crippen molar-refractivity contribution in [3.63, 3.8) is 0 Å². The summed E-state index contributed by atoms with van der Waals surface area (Å²) >= 11 is 0. The van der Waals surface area contributed by atoms with Crippen molar-refractivity contribution in [2.24, 2.45) is 0 Å². The normalized spacial score (nSPS) is 23.9. The van der Waals surface area contributed by atoms with Crippen LogP contribution in [-0.4, -0.2) is 39.3 Å². The molecule has 0 amide bonds. The molecule has 0 radical (unpaired) electrons. The number of anilines is 2. The van der Waals surface area contributed by atoms with Crippen molar-refractivity contribution < 1.29 is 0 Å². The second kappa shape index (κ2) is 4.57. The van der Waals surface area contributed by atoms with Crippen LogP contribution in [0.5, 0.6) is 0 Å². The van der Waals surface area contributed by atoms with Crippen LogP contribution in [-0.2, 0) is 0 Å². The molecule has 1 fully saturated rings. The molecule has 1 atom stereocenters. The number of likely N-dealkylation sites (N-methyl/N-ethyl adjacent to an activating group) is 1. The van der Waals surface area contributed by atoms with Gasteiger partial charge in [0, 0.05) is 32.7 Å². The van der Waals surface area contributed by atoms with Gasteiger partial charge in [0.2, 0.25) is 0 Å². The van der Waals surface area contributed by atoms with Crippen LogP contribution in [0, 0.1) is 0 Å². The lowest BCUT2D eigenvalue weighted by Crippen LogP contribution is -2.44. The lowest BCUT2D eigenvalue weighted by molar-refractivity contribution is 0.574. The van der Waals surface area contributed by atoms with E-state index in [-0.39, 0.29) is 0 Å². The lowest BCUT2D eigenvalue weighted by Gasteiger charge is -2.38. The molecule has 2 aliphatic rings. The minimum absolute atomic E-state index is 0.687. The van der Waals surface area contributed by atoms with Gasteiger partial charge in [-0.3, -0.25) is 0 Å². The Hall–Kier alpha value is -1.22. The maximum atomic E-state index is 3.59. The summed E-state index contributed by atoms with van der Waals surface area (Å²) in [6.07, 6.45) is 2.66. The third-order valence-corrected chi connectivity index (χ3v) is 3.94. The quantitative estimate of drug-likeness (QED) is 0.835. The minimum atomic E-state index is 0.687. The zero-order chi connectivity index (χ0) is 11.7. The van der Waals surface area contributed by atoms with E-state index in [2.05, 4.69) is 46.4 Å². The van der Waals surface area contributed by atoms with Crippen LogP contribution in [0.2, 0.25) is 0 Å². The number of rotatable bonds is 2. The van der Waals surface area contributed by atoms with Gasteiger partial charge < -0.3 is 15.1 Å². The Labute approximate surface area is 103 Å². The third-order valence-electron chi connectivity index (χ3n) is 3.94. The van der Waals surface area contributed by atoms with Gasteiger partial charge in [-0.15, -0.1) is 0 Å². The van der Waals surface area contributed by atoms with Crippen molar-refractivity contribution in [3.8, 4) is 0 Å². The lowest BCUT2D eigenvalue weighted by atomic mass is 10.1. The molecule has 17 heavy (non-hydrogen) atoms. The molecule has 3 nitrogen and oxygen atoms in total. The average Bonchev–Trinajstić information content (AvgIpc) is 2.86. The molecule has 0 saturated carbocycles. The van der Waals surface area contributed by atoms with Crippen molar-refractivity contribution in [1.29, 1.82) is 0 Å². The van der Waals surface area contributed by atoms with Gasteiger partial charge >= 0.3 is 0 Å². The monoisotopic (exact) mass is 231 g/mol. The van der Waals surface area contributed by atoms with E-state index < -0.39 is 0 Å². The fourth-order valence-electron chi connectivity index (χ4n) is 2.93. The van der Waals surface area contributed by atoms with Crippen molar-refractivity contribution in [3.05, 3.63) is 24.3 Å². The maximum Gasteiger partial charge on any atom is 0.0605 e. The van der Waals surface area contributed by atoms with Crippen molar-refractivity contribution >= 4 is 11.4 Å². The summed E-state index contributed by atoms with van der Waals surface area (Å²) in [5, 5.41) is 3.59. The molecule has 0 bridgehead atoms. The predicted molar refractivity (Wildman–Crippen MR) is 72.9 cm³/mol. The summed E-state index contributed by atoms with van der Waals surface area (Å²) in [7, 11) is 2.18. The molecule has 0 spiro atoms. The SMILES string of the molecule is CN1CCN(CC2CCCN2)c2ccccc21. The Morgan fingerprint density at radius 2 is 2.06 bits per heavy atom. The Morgan fingerprint density at radius 3 is 2.82 bits per heavy atom. The van der Waals surface area contributed by atoms with Gasteiger partial charge in [0.25, 0.3) is 0 Å². The van der Waals surface area contributed by atoms with Gasteiger partial charge in [-0.2, -0.15) is 0 Å². The average molecular weight is 231 g/mol. The van der Waals surface area contributed by atoms with E-state index >= 15 is 0 Å². The molecule has 3 heteroatoms. The first-order valence-electron chi connectivity index (χ1n) is 6.63. The Kier molecular flexibility index (Phi) is 2.93. The van der Waals surface area contributed by atoms with Crippen LogP contribution in [0.3, 0.4) is 0 Å². The number of hydrogen-bond donors (Lipinski definition) is 1. The molecule has 1 unspecified atom stereocenters. The van der Waals surface area contributed by atoms with E-state index in [1.165, 1.54) is 30.8 Å². The van der Waals surface area contributed by atoms with Crippen LogP contribution < -0.4 is 15.1 Å². The van der Waals surface area contributed by atoms with Crippen molar-refractivity contribution in [1.82, 2.24) is 5.32 Å². The maximum absolute atomic E-state index is 3.59. The smallest absolute Gasteiger partial charge is 0.0605 e. The van der Waals surface area contributed by atoms with Crippen LogP contribution in [0.25, 0.3) is 0 Å². The molecule has 1 aromatic rings. The number of para-hydroxylation sites is 2. The first kappa shape index (κ1) is 10.9. The molecule has 92 valence electrons. The molecule has 2 heterocycles. The molecule has 1 N–H and O–H groups in total. The summed E-state index contributed by atoms with van der Waals surface area (Å²) in [5.74, 6) is 0. The second-order valence-corrected chi connectivity index (χ2v) is 5.15. The first-order valence-corrected chi connectivity index (χ1v) is 6.63. The van der Waals surface area contributed by atoms with Crippen LogP contribution in [0.1, 0.15) is 12.8 Å². The summed E-state index contributed by atoms with van der Waals surface area (Å²) in [5.41, 5.74) is 2.77. The summed E-state index contributed by atoms with van der Waals surface area (Å²) in [4.78, 5) is 4.90. The van der Waals surface area contributed by atoms with Crippen LogP contribution in [0.15, 0.2) is 24.3 Å². The number of nitrogens with one attached hydrogen (secondary N) is 1. The van der Waals surface area contributed by atoms with Gasteiger partial charge in [-0.05, 0) is 31.5 Å². The highest BCUT2D eigenvalue weighted by Gasteiger charge is 2.23. The number of fused-ring (bicyclic) bond motifs is 1. The van der Waals surface area contributed by atoms with E-state index in [0.29, 0.717) is 6.04 Å². The first-order chi connectivity index (χ1) is 8.34. The molecule has 1 saturated heterocycles. The number of benzene rings is 1. The largest absolute Gasteiger partial charge is 0.371 e. The zero-order valence-electron chi connectivity index (χ0n) is 10.5. The van der Waals surface area contributed by atoms with Gasteiger partial charge in [0.15, 0.2) is 0 Å². The van der Waals surface area contributed by atoms with E-state index in [4.69, 9.17) is 0 Å². The highest BCUT2D eigenvalue weighted by Crippen LogP contribution is 2.32. The molecule has 1 aromatic carbocycles. The molecular weight excluding hydrogens is 210 g/mol. The molecular formula is C14H21N3. The highest BCUT2D eigenvalue weighted by molar-refractivity contribution is 5.73. The fourth-order valence-corrected chi connectivity index (χ4v) is 2.93. The summed E-state index contributed by atoms with van der Waals surface area (Å²) in [6.45, 7) is 4.63. The highest BCUT2D eigenvalue weighted by atomic mass is 15.3. The predicted octanol–water partition coefficient (Wildman–Crippen LogP) is 1.69. The zero-order valence-corrected chi connectivity index (χ0v) is 10.5. The number of nitrogens with zero attached hydrogens (tertiary/aromatic N) is 2. The minimum Gasteiger partial charge on any atom is -0.371 e. The van der Waals surface area contributed by atoms with Crippen LogP contribution in [0.4, 0.5) is 11.4 Å². The summed E-state index contributed by atoms with van der Waals surface area (Å²) < 4.78 is 0. The van der Waals surface area contributed by atoms with Crippen molar-refractivity contribution in [2.75, 3.05) is 43.0 Å². The van der Waals surface area contributed by atoms with Gasteiger partial charge in [0.05, 0.1) is 11.4 Å². The van der Waals surface area contributed by atoms with E-state index in [1.54, 1.807) is 0 Å².